The molecule has 0 atom stereocenters. The Morgan fingerprint density at radius 3 is 2.64 bits per heavy atom. The lowest BCUT2D eigenvalue weighted by Crippen LogP contribution is -2.47. The van der Waals surface area contributed by atoms with Crippen LogP contribution in [0.3, 0.4) is 0 Å². The molecule has 0 bridgehead atoms. The number of morpholine rings is 1. The first-order valence-corrected chi connectivity index (χ1v) is 12.3. The second-order valence-electron chi connectivity index (χ2n) is 8.26. The fourth-order valence-corrected chi connectivity index (χ4v) is 5.09. The fraction of sp³-hybridized carbons (Fsp3) is 0.500. The largest absolute Gasteiger partial charge is 0.492 e. The lowest BCUT2D eigenvalue weighted by Gasteiger charge is -2.37. The molecule has 5 rings (SSSR count). The third-order valence-corrected chi connectivity index (χ3v) is 7.07. The molecule has 1 aromatic carbocycles. The van der Waals surface area contributed by atoms with E-state index >= 15 is 0 Å². The van der Waals surface area contributed by atoms with Crippen LogP contribution >= 0.6 is 27.5 Å². The number of H-pyrrole nitrogens is 1. The van der Waals surface area contributed by atoms with Crippen molar-refractivity contribution in [2.45, 2.75) is 6.92 Å². The van der Waals surface area contributed by atoms with Gasteiger partial charge in [0.1, 0.15) is 29.1 Å². The molecule has 9 nitrogen and oxygen atoms in total. The molecule has 0 aliphatic carbocycles. The number of anilines is 2. The minimum Gasteiger partial charge on any atom is -0.492 e. The number of aromatic amines is 1. The number of piperazine rings is 1. The Balaban J connectivity index is 1.26. The molecule has 0 radical (unpaired) electrons. The van der Waals surface area contributed by atoms with Gasteiger partial charge in [-0.1, -0.05) is 11.6 Å². The number of benzene rings is 1. The molecule has 0 amide bonds. The van der Waals surface area contributed by atoms with Gasteiger partial charge < -0.3 is 19.3 Å². The van der Waals surface area contributed by atoms with Gasteiger partial charge in [0.2, 0.25) is 0 Å². The number of nitrogens with zero attached hydrogens (tertiary/aromatic N) is 6. The van der Waals surface area contributed by atoms with Gasteiger partial charge in [0, 0.05) is 62.1 Å². The SMILES string of the molecule is Cc1c(OCCN2CCOCC2)cc(Cl)cc1N1CCN(c2ncnc3[nH]nc(Br)c23)CC1. The minimum absolute atomic E-state index is 0.637. The van der Waals surface area contributed by atoms with Crippen molar-refractivity contribution >= 4 is 50.1 Å². The Kier molecular flexibility index (Phi) is 6.86. The zero-order valence-corrected chi connectivity index (χ0v) is 20.9. The first-order valence-electron chi connectivity index (χ1n) is 11.2. The maximum absolute atomic E-state index is 6.49. The van der Waals surface area contributed by atoms with Crippen molar-refractivity contribution in [3.8, 4) is 5.75 Å². The van der Waals surface area contributed by atoms with E-state index < -0.39 is 0 Å². The molecule has 11 heteroatoms. The van der Waals surface area contributed by atoms with Gasteiger partial charge in [0.05, 0.1) is 18.6 Å². The van der Waals surface area contributed by atoms with Gasteiger partial charge in [-0.2, -0.15) is 5.10 Å². The molecule has 2 fully saturated rings. The molecule has 2 saturated heterocycles. The van der Waals surface area contributed by atoms with E-state index in [-0.39, 0.29) is 0 Å². The van der Waals surface area contributed by atoms with Gasteiger partial charge in [0.25, 0.3) is 0 Å². The van der Waals surface area contributed by atoms with E-state index in [9.17, 15) is 0 Å². The number of rotatable bonds is 6. The molecular formula is C22H27BrClN7O2. The summed E-state index contributed by atoms with van der Waals surface area (Å²) in [6.07, 6.45) is 1.58. The number of fused-ring (bicyclic) bond motifs is 1. The average molecular weight is 537 g/mol. The summed E-state index contributed by atoms with van der Waals surface area (Å²) in [5.74, 6) is 1.75. The van der Waals surface area contributed by atoms with Crippen molar-refractivity contribution in [3.05, 3.63) is 33.6 Å². The van der Waals surface area contributed by atoms with Crippen molar-refractivity contribution in [2.75, 3.05) is 75.4 Å². The molecule has 4 heterocycles. The number of halogens is 2. The summed E-state index contributed by atoms with van der Waals surface area (Å²) in [4.78, 5) is 15.8. The van der Waals surface area contributed by atoms with Crippen molar-refractivity contribution in [1.82, 2.24) is 25.1 Å². The molecule has 3 aromatic rings. The van der Waals surface area contributed by atoms with Gasteiger partial charge in [0.15, 0.2) is 5.65 Å². The van der Waals surface area contributed by atoms with Crippen LogP contribution in [0.2, 0.25) is 5.02 Å². The number of hydrogen-bond acceptors (Lipinski definition) is 8. The Bertz CT molecular complexity index is 1110. The van der Waals surface area contributed by atoms with Crippen molar-refractivity contribution in [2.24, 2.45) is 0 Å². The highest BCUT2D eigenvalue weighted by Gasteiger charge is 2.24. The van der Waals surface area contributed by atoms with Crippen LogP contribution in [-0.4, -0.2) is 90.7 Å². The van der Waals surface area contributed by atoms with E-state index in [0.717, 1.165) is 97.5 Å². The smallest absolute Gasteiger partial charge is 0.161 e. The van der Waals surface area contributed by atoms with Crippen LogP contribution in [0, 0.1) is 6.92 Å². The molecule has 2 aliphatic rings. The van der Waals surface area contributed by atoms with E-state index in [1.54, 1.807) is 6.33 Å². The maximum atomic E-state index is 6.49. The van der Waals surface area contributed by atoms with Crippen LogP contribution < -0.4 is 14.5 Å². The Labute approximate surface area is 206 Å². The second-order valence-corrected chi connectivity index (χ2v) is 9.45. The standard InChI is InChI=1S/C22H27BrClN7O2/c1-15-17(12-16(24)13-18(15)33-11-8-29-6-9-32-10-7-29)30-2-4-31(5-3-30)22-19-20(23)27-28-21(19)25-14-26-22/h12-14H,2-11H2,1H3,(H,25,26,27,28). The van der Waals surface area contributed by atoms with E-state index in [1.807, 2.05) is 12.1 Å². The maximum Gasteiger partial charge on any atom is 0.161 e. The Hall–Kier alpha value is -2.14. The lowest BCUT2D eigenvalue weighted by molar-refractivity contribution is 0.0322. The van der Waals surface area contributed by atoms with Crippen LogP contribution in [0.4, 0.5) is 11.5 Å². The quantitative estimate of drug-likeness (QED) is 0.515. The highest BCUT2D eigenvalue weighted by atomic mass is 79.9. The summed E-state index contributed by atoms with van der Waals surface area (Å²) in [6.45, 7) is 10.5. The highest BCUT2D eigenvalue weighted by molar-refractivity contribution is 9.10. The van der Waals surface area contributed by atoms with E-state index in [1.165, 1.54) is 0 Å². The summed E-state index contributed by atoms with van der Waals surface area (Å²) in [7, 11) is 0. The molecule has 0 spiro atoms. The Morgan fingerprint density at radius 2 is 1.85 bits per heavy atom. The normalized spacial score (nSPS) is 17.7. The number of hydrogen-bond donors (Lipinski definition) is 1. The predicted octanol–water partition coefficient (Wildman–Crippen LogP) is 3.11. The minimum atomic E-state index is 0.637. The van der Waals surface area contributed by atoms with E-state index in [0.29, 0.717) is 11.6 Å². The van der Waals surface area contributed by atoms with Crippen molar-refractivity contribution < 1.29 is 9.47 Å². The molecule has 33 heavy (non-hydrogen) atoms. The number of nitrogens with one attached hydrogen (secondary N) is 1. The first kappa shape index (κ1) is 22.6. The molecule has 2 aromatic heterocycles. The molecule has 2 aliphatic heterocycles. The predicted molar refractivity (Wildman–Crippen MR) is 133 cm³/mol. The number of ether oxygens (including phenoxy) is 2. The van der Waals surface area contributed by atoms with Gasteiger partial charge in [-0.25, -0.2) is 9.97 Å². The van der Waals surface area contributed by atoms with Gasteiger partial charge in [-0.3, -0.25) is 10.00 Å². The average Bonchev–Trinajstić information content (AvgIpc) is 3.23. The van der Waals surface area contributed by atoms with Crippen LogP contribution in [0.15, 0.2) is 23.1 Å². The third-order valence-electron chi connectivity index (χ3n) is 6.28. The monoisotopic (exact) mass is 535 g/mol. The van der Waals surface area contributed by atoms with Crippen LogP contribution in [0.1, 0.15) is 5.56 Å². The summed E-state index contributed by atoms with van der Waals surface area (Å²) < 4.78 is 12.3. The van der Waals surface area contributed by atoms with Crippen molar-refractivity contribution in [3.63, 3.8) is 0 Å². The topological polar surface area (TPSA) is 82.6 Å². The lowest BCUT2D eigenvalue weighted by atomic mass is 10.1. The first-order chi connectivity index (χ1) is 16.1. The summed E-state index contributed by atoms with van der Waals surface area (Å²) >= 11 is 9.99. The van der Waals surface area contributed by atoms with Crippen LogP contribution in [-0.2, 0) is 4.74 Å². The van der Waals surface area contributed by atoms with E-state index in [2.05, 4.69) is 57.7 Å². The van der Waals surface area contributed by atoms with Crippen molar-refractivity contribution in [1.29, 1.82) is 0 Å². The molecule has 0 saturated carbocycles. The second kappa shape index (κ2) is 10.0. The van der Waals surface area contributed by atoms with Gasteiger partial charge >= 0.3 is 0 Å². The zero-order valence-electron chi connectivity index (χ0n) is 18.6. The van der Waals surface area contributed by atoms with Gasteiger partial charge in [-0.15, -0.1) is 0 Å². The molecule has 0 unspecified atom stereocenters. The van der Waals surface area contributed by atoms with Gasteiger partial charge in [-0.05, 0) is 35.0 Å². The van der Waals surface area contributed by atoms with Crippen LogP contribution in [0.25, 0.3) is 11.0 Å². The van der Waals surface area contributed by atoms with Crippen LogP contribution in [0.5, 0.6) is 5.75 Å². The summed E-state index contributed by atoms with van der Waals surface area (Å²) in [6, 6.07) is 3.96. The molecule has 1 N–H and O–H groups in total. The fourth-order valence-electron chi connectivity index (χ4n) is 4.44. The number of aromatic nitrogens is 4. The Morgan fingerprint density at radius 1 is 1.09 bits per heavy atom. The van der Waals surface area contributed by atoms with E-state index in [4.69, 9.17) is 21.1 Å². The third kappa shape index (κ3) is 4.89. The summed E-state index contributed by atoms with van der Waals surface area (Å²) in [5.41, 5.74) is 2.98. The molecule has 176 valence electrons. The highest BCUT2D eigenvalue weighted by Crippen LogP contribution is 2.35. The molecular weight excluding hydrogens is 510 g/mol. The zero-order chi connectivity index (χ0) is 22.8. The summed E-state index contributed by atoms with van der Waals surface area (Å²) in [5, 5.41) is 8.76.